The summed E-state index contributed by atoms with van der Waals surface area (Å²) < 4.78 is 0. The number of aliphatic hydroxyl groups is 1. The molecule has 2 aliphatic heterocycles. The summed E-state index contributed by atoms with van der Waals surface area (Å²) in [5.74, 6) is 0. The molecule has 3 aliphatic rings. The van der Waals surface area contributed by atoms with Crippen molar-refractivity contribution in [1.29, 1.82) is 0 Å². The largest absolute Gasteiger partial charge is 0.390 e. The van der Waals surface area contributed by atoms with Gasteiger partial charge in [-0.25, -0.2) is 0 Å². The fourth-order valence-electron chi connectivity index (χ4n) is 5.88. The van der Waals surface area contributed by atoms with Gasteiger partial charge in [-0.2, -0.15) is 0 Å². The van der Waals surface area contributed by atoms with Gasteiger partial charge in [0.1, 0.15) is 0 Å². The van der Waals surface area contributed by atoms with E-state index in [2.05, 4.69) is 63.4 Å². The molecule has 2 aromatic rings. The topological polar surface area (TPSA) is 51.6 Å². The van der Waals surface area contributed by atoms with Gasteiger partial charge < -0.3 is 15.3 Å². The number of aryl methyl sites for hydroxylation is 1. The predicted octanol–water partition coefficient (Wildman–Crippen LogP) is 2.64. The Kier molecular flexibility index (Phi) is 5.06. The average Bonchev–Trinajstić information content (AvgIpc) is 2.91. The van der Waals surface area contributed by atoms with E-state index < -0.39 is 0 Å². The minimum atomic E-state index is -0.322. The number of benzene rings is 1. The summed E-state index contributed by atoms with van der Waals surface area (Å²) in [5.41, 5.74) is 5.00. The van der Waals surface area contributed by atoms with E-state index in [4.69, 9.17) is 0 Å². The summed E-state index contributed by atoms with van der Waals surface area (Å²) in [7, 11) is 0. The van der Waals surface area contributed by atoms with E-state index in [1.54, 1.807) is 0 Å². The minimum absolute atomic E-state index is 0.0826. The molecule has 2 atom stereocenters. The highest BCUT2D eigenvalue weighted by molar-refractivity contribution is 5.47. The molecule has 5 nitrogen and oxygen atoms in total. The normalized spacial score (nSPS) is 27.0. The molecule has 0 unspecified atom stereocenters. The Morgan fingerprint density at radius 3 is 2.72 bits per heavy atom. The summed E-state index contributed by atoms with van der Waals surface area (Å²) >= 11 is 0. The Bertz CT molecular complexity index is 863. The van der Waals surface area contributed by atoms with Gasteiger partial charge in [-0.1, -0.05) is 24.3 Å². The van der Waals surface area contributed by atoms with Crippen LogP contribution in [-0.4, -0.2) is 60.4 Å². The number of anilines is 1. The van der Waals surface area contributed by atoms with Crippen LogP contribution in [-0.2, 0) is 5.41 Å². The van der Waals surface area contributed by atoms with Crippen molar-refractivity contribution >= 4 is 5.69 Å². The van der Waals surface area contributed by atoms with Gasteiger partial charge in [0.2, 0.25) is 0 Å². The number of hydrogen-bond donors (Lipinski definition) is 2. The summed E-state index contributed by atoms with van der Waals surface area (Å²) in [6.45, 7) is 8.10. The van der Waals surface area contributed by atoms with E-state index in [1.807, 2.05) is 6.20 Å². The van der Waals surface area contributed by atoms with Crippen molar-refractivity contribution < 1.29 is 5.11 Å². The van der Waals surface area contributed by atoms with E-state index >= 15 is 0 Å². The number of rotatable bonds is 2. The van der Waals surface area contributed by atoms with Gasteiger partial charge >= 0.3 is 0 Å². The number of aliphatic hydroxyl groups excluding tert-OH is 1. The zero-order valence-electron chi connectivity index (χ0n) is 17.3. The highest BCUT2D eigenvalue weighted by Crippen LogP contribution is 2.52. The van der Waals surface area contributed by atoms with Crippen molar-refractivity contribution in [3.8, 4) is 0 Å². The van der Waals surface area contributed by atoms with Crippen molar-refractivity contribution in [1.82, 2.24) is 15.2 Å². The number of pyridine rings is 1. The SMILES string of the molecule is Cc1cc(N2CCCN([C@@H]3c4ccccc4C4(CCNCC4)[C@H]3O)CC2)ccn1. The quantitative estimate of drug-likeness (QED) is 0.823. The van der Waals surface area contributed by atoms with Gasteiger partial charge in [0.25, 0.3) is 0 Å². The molecule has 1 aliphatic carbocycles. The molecule has 2 N–H and O–H groups in total. The summed E-state index contributed by atoms with van der Waals surface area (Å²) in [6, 6.07) is 13.2. The lowest BCUT2D eigenvalue weighted by Gasteiger charge is -2.40. The number of hydrogen-bond acceptors (Lipinski definition) is 5. The first-order chi connectivity index (χ1) is 14.2. The summed E-state index contributed by atoms with van der Waals surface area (Å²) in [4.78, 5) is 9.37. The Hall–Kier alpha value is -1.95. The van der Waals surface area contributed by atoms with Gasteiger partial charge in [0, 0.05) is 49.2 Å². The molecule has 154 valence electrons. The highest BCUT2D eigenvalue weighted by atomic mass is 16.3. The molecule has 5 rings (SSSR count). The third-order valence-electron chi connectivity index (χ3n) is 7.35. The summed E-state index contributed by atoms with van der Waals surface area (Å²) in [6.07, 6.45) is 4.75. The first kappa shape index (κ1) is 19.0. The molecule has 29 heavy (non-hydrogen) atoms. The Labute approximate surface area is 173 Å². The molecule has 2 fully saturated rings. The van der Waals surface area contributed by atoms with Crippen molar-refractivity contribution in [2.75, 3.05) is 44.2 Å². The molecule has 1 aromatic carbocycles. The van der Waals surface area contributed by atoms with Crippen LogP contribution in [0.1, 0.15) is 42.1 Å². The third kappa shape index (κ3) is 3.25. The van der Waals surface area contributed by atoms with E-state index in [9.17, 15) is 5.11 Å². The van der Waals surface area contributed by atoms with E-state index in [0.717, 1.165) is 64.2 Å². The fraction of sp³-hybridized carbons (Fsp3) is 0.542. The molecule has 5 heteroatoms. The van der Waals surface area contributed by atoms with Crippen molar-refractivity contribution in [3.05, 3.63) is 59.4 Å². The van der Waals surface area contributed by atoms with Crippen LogP contribution in [0.4, 0.5) is 5.69 Å². The standard InChI is InChI=1S/C24H32N4O/c1-18-17-19(7-10-26-18)27-13-4-14-28(16-15-27)22-20-5-2-3-6-21(20)24(23(22)29)8-11-25-12-9-24/h2-3,5-7,10,17,22-23,25,29H,4,8-9,11-16H2,1H3/t22-,23+/m1/s1. The zero-order valence-corrected chi connectivity index (χ0v) is 17.3. The average molecular weight is 393 g/mol. The van der Waals surface area contributed by atoms with Crippen LogP contribution in [0.25, 0.3) is 0 Å². The molecule has 0 radical (unpaired) electrons. The number of nitrogens with zero attached hydrogens (tertiary/aromatic N) is 3. The minimum Gasteiger partial charge on any atom is -0.390 e. The van der Waals surface area contributed by atoms with Crippen LogP contribution in [0.15, 0.2) is 42.6 Å². The first-order valence-electron chi connectivity index (χ1n) is 11.1. The number of nitrogens with one attached hydrogen (secondary N) is 1. The number of piperidine rings is 1. The van der Waals surface area contributed by atoms with Gasteiger partial charge in [-0.3, -0.25) is 9.88 Å². The smallest absolute Gasteiger partial charge is 0.0834 e. The van der Waals surface area contributed by atoms with Crippen LogP contribution in [0.3, 0.4) is 0 Å². The third-order valence-corrected chi connectivity index (χ3v) is 7.35. The lowest BCUT2D eigenvalue weighted by molar-refractivity contribution is 0.000250. The van der Waals surface area contributed by atoms with Gasteiger partial charge in [0.05, 0.1) is 12.1 Å². The Morgan fingerprint density at radius 1 is 1.07 bits per heavy atom. The van der Waals surface area contributed by atoms with Crippen LogP contribution in [0.2, 0.25) is 0 Å². The fourth-order valence-corrected chi connectivity index (χ4v) is 5.88. The van der Waals surface area contributed by atoms with Crippen LogP contribution >= 0.6 is 0 Å². The van der Waals surface area contributed by atoms with E-state index in [1.165, 1.54) is 16.8 Å². The summed E-state index contributed by atoms with van der Waals surface area (Å²) in [5, 5.41) is 15.1. The lowest BCUT2D eigenvalue weighted by atomic mass is 9.72. The monoisotopic (exact) mass is 392 g/mol. The maximum atomic E-state index is 11.7. The molecular formula is C24H32N4O. The Balaban J connectivity index is 1.41. The van der Waals surface area contributed by atoms with Crippen molar-refractivity contribution in [3.63, 3.8) is 0 Å². The predicted molar refractivity (Wildman–Crippen MR) is 116 cm³/mol. The second-order valence-corrected chi connectivity index (χ2v) is 8.92. The zero-order chi connectivity index (χ0) is 19.8. The molecular weight excluding hydrogens is 360 g/mol. The van der Waals surface area contributed by atoms with Crippen molar-refractivity contribution in [2.24, 2.45) is 0 Å². The first-order valence-corrected chi connectivity index (χ1v) is 11.1. The molecule has 0 amide bonds. The lowest BCUT2D eigenvalue weighted by Crippen LogP contribution is -2.49. The highest BCUT2D eigenvalue weighted by Gasteiger charge is 2.53. The van der Waals surface area contributed by atoms with Gasteiger partial charge in [-0.05, 0) is 62.5 Å². The van der Waals surface area contributed by atoms with Crippen LogP contribution in [0, 0.1) is 6.92 Å². The van der Waals surface area contributed by atoms with E-state index in [0.29, 0.717) is 0 Å². The molecule has 0 bridgehead atoms. The molecule has 2 saturated heterocycles. The van der Waals surface area contributed by atoms with Crippen molar-refractivity contribution in [2.45, 2.75) is 43.7 Å². The molecule has 0 saturated carbocycles. The maximum absolute atomic E-state index is 11.7. The number of aromatic nitrogens is 1. The molecule has 1 spiro atoms. The van der Waals surface area contributed by atoms with E-state index in [-0.39, 0.29) is 17.6 Å². The maximum Gasteiger partial charge on any atom is 0.0834 e. The Morgan fingerprint density at radius 2 is 1.90 bits per heavy atom. The molecule has 3 heterocycles. The van der Waals surface area contributed by atoms with Crippen LogP contribution in [0.5, 0.6) is 0 Å². The second kappa shape index (κ2) is 7.71. The number of fused-ring (bicyclic) bond motifs is 2. The van der Waals surface area contributed by atoms with Gasteiger partial charge in [-0.15, -0.1) is 0 Å². The second-order valence-electron chi connectivity index (χ2n) is 8.92. The molecule has 1 aromatic heterocycles. The van der Waals surface area contributed by atoms with Crippen LogP contribution < -0.4 is 10.2 Å². The van der Waals surface area contributed by atoms with Gasteiger partial charge in [0.15, 0.2) is 0 Å².